The molecule has 0 radical (unpaired) electrons. The molecule has 3 heterocycles. The number of amides is 1. The van der Waals surface area contributed by atoms with Crippen LogP contribution in [0.15, 0.2) is 53.1 Å². The number of methoxy groups -OCH3 is 1. The van der Waals surface area contributed by atoms with Crippen molar-refractivity contribution in [3.05, 3.63) is 63.6 Å². The Hall–Kier alpha value is -2.68. The van der Waals surface area contributed by atoms with E-state index in [9.17, 15) is 14.7 Å². The molecule has 1 fully saturated rings. The second-order valence-electron chi connectivity index (χ2n) is 7.20. The van der Waals surface area contributed by atoms with Crippen LogP contribution in [0.1, 0.15) is 21.3 Å². The lowest BCUT2D eigenvalue weighted by Gasteiger charge is -2.31. The third kappa shape index (κ3) is 3.98. The van der Waals surface area contributed by atoms with Gasteiger partial charge in [0.05, 0.1) is 36.8 Å². The third-order valence-electron chi connectivity index (χ3n) is 5.49. The van der Waals surface area contributed by atoms with E-state index in [-0.39, 0.29) is 11.4 Å². The molecular formula is C22H24N2O5S. The smallest absolute Gasteiger partial charge is 0.290 e. The topological polar surface area (TPSA) is 79.3 Å². The molecule has 2 aliphatic rings. The van der Waals surface area contributed by atoms with Crippen molar-refractivity contribution in [1.29, 1.82) is 0 Å². The van der Waals surface area contributed by atoms with Gasteiger partial charge in [0.1, 0.15) is 5.75 Å². The standard InChI is InChI=1S/C22H24N2O5S/c1-28-16-6-4-15(5-7-16)19-18(20(25)17-3-2-14-30-17)21(26)22(27)24(19)9-8-23-10-12-29-13-11-23/h2-7,14,19,26H,8-13H2,1H3/t19-/m1/s1. The Morgan fingerprint density at radius 2 is 1.93 bits per heavy atom. The van der Waals surface area contributed by atoms with Crippen LogP contribution in [-0.4, -0.2) is 73.1 Å². The molecule has 0 aliphatic carbocycles. The average Bonchev–Trinajstić information content (AvgIpc) is 3.41. The molecule has 4 rings (SSSR count). The summed E-state index contributed by atoms with van der Waals surface area (Å²) in [5.74, 6) is -0.604. The van der Waals surface area contributed by atoms with Gasteiger partial charge in [-0.05, 0) is 29.1 Å². The number of carbonyl (C=O) groups is 2. The molecule has 0 bridgehead atoms. The van der Waals surface area contributed by atoms with Crippen LogP contribution in [0.4, 0.5) is 0 Å². The molecule has 30 heavy (non-hydrogen) atoms. The Labute approximate surface area is 179 Å². The molecule has 8 heteroatoms. The molecule has 0 spiro atoms. The summed E-state index contributed by atoms with van der Waals surface area (Å²) in [5.41, 5.74) is 0.893. The Kier molecular flexibility index (Phi) is 6.17. The first-order valence-electron chi connectivity index (χ1n) is 9.86. The maximum Gasteiger partial charge on any atom is 0.290 e. The fraction of sp³-hybridized carbons (Fsp3) is 0.364. The van der Waals surface area contributed by atoms with Crippen LogP contribution < -0.4 is 4.74 Å². The minimum atomic E-state index is -0.640. The number of ether oxygens (including phenoxy) is 2. The summed E-state index contributed by atoms with van der Waals surface area (Å²) in [6.07, 6.45) is 0. The molecule has 2 aromatic rings. The van der Waals surface area contributed by atoms with E-state index >= 15 is 0 Å². The third-order valence-corrected chi connectivity index (χ3v) is 6.35. The zero-order chi connectivity index (χ0) is 21.1. The van der Waals surface area contributed by atoms with Gasteiger partial charge in [-0.1, -0.05) is 18.2 Å². The van der Waals surface area contributed by atoms with Gasteiger partial charge in [-0.3, -0.25) is 14.5 Å². The summed E-state index contributed by atoms with van der Waals surface area (Å²) in [5, 5.41) is 12.5. The molecule has 1 N–H and O–H groups in total. The largest absolute Gasteiger partial charge is 0.503 e. The van der Waals surface area contributed by atoms with E-state index < -0.39 is 17.7 Å². The molecule has 158 valence electrons. The van der Waals surface area contributed by atoms with Gasteiger partial charge < -0.3 is 19.5 Å². The maximum atomic E-state index is 13.2. The summed E-state index contributed by atoms with van der Waals surface area (Å²) in [6.45, 7) is 3.99. The Morgan fingerprint density at radius 3 is 2.57 bits per heavy atom. The van der Waals surface area contributed by atoms with Gasteiger partial charge in [0.15, 0.2) is 5.76 Å². The normalized spacial score (nSPS) is 20.1. The van der Waals surface area contributed by atoms with Crippen molar-refractivity contribution in [2.24, 2.45) is 0 Å². The second-order valence-corrected chi connectivity index (χ2v) is 8.14. The zero-order valence-electron chi connectivity index (χ0n) is 16.7. The van der Waals surface area contributed by atoms with Gasteiger partial charge >= 0.3 is 0 Å². The lowest BCUT2D eigenvalue weighted by atomic mass is 9.95. The SMILES string of the molecule is COc1ccc([C@@H]2C(C(=O)c3cccs3)=C(O)C(=O)N2CCN2CCOCC2)cc1. The lowest BCUT2D eigenvalue weighted by molar-refractivity contribution is -0.129. The number of morpholine rings is 1. The lowest BCUT2D eigenvalue weighted by Crippen LogP contribution is -2.43. The van der Waals surface area contributed by atoms with Gasteiger partial charge in [-0.2, -0.15) is 0 Å². The number of hydrogen-bond donors (Lipinski definition) is 1. The number of thiophene rings is 1. The van der Waals surface area contributed by atoms with E-state index in [0.29, 0.717) is 36.9 Å². The van der Waals surface area contributed by atoms with Crippen molar-refractivity contribution in [1.82, 2.24) is 9.80 Å². The number of aliphatic hydroxyl groups excluding tert-OH is 1. The number of ketones is 1. The minimum Gasteiger partial charge on any atom is -0.503 e. The Balaban J connectivity index is 1.66. The quantitative estimate of drug-likeness (QED) is 0.683. The van der Waals surface area contributed by atoms with Gasteiger partial charge in [-0.15, -0.1) is 11.3 Å². The first-order chi connectivity index (χ1) is 14.6. The molecule has 1 aromatic heterocycles. The second kappa shape index (κ2) is 8.99. The number of Topliss-reactive ketones (excluding diaryl/α,β-unsaturated/α-hetero) is 1. The fourth-order valence-corrected chi connectivity index (χ4v) is 4.54. The molecule has 1 saturated heterocycles. The van der Waals surface area contributed by atoms with Crippen molar-refractivity contribution in [3.8, 4) is 5.75 Å². The maximum absolute atomic E-state index is 13.2. The predicted octanol–water partition coefficient (Wildman–Crippen LogP) is 2.67. The Bertz CT molecular complexity index is 933. The number of hydrogen-bond acceptors (Lipinski definition) is 7. The summed E-state index contributed by atoms with van der Waals surface area (Å²) >= 11 is 1.29. The van der Waals surface area contributed by atoms with Gasteiger partial charge in [0.25, 0.3) is 5.91 Å². The highest BCUT2D eigenvalue weighted by Crippen LogP contribution is 2.39. The first-order valence-corrected chi connectivity index (χ1v) is 10.7. The van der Waals surface area contributed by atoms with Crippen LogP contribution in [0.5, 0.6) is 5.75 Å². The first kappa shape index (κ1) is 20.6. The van der Waals surface area contributed by atoms with E-state index in [1.54, 1.807) is 41.7 Å². The number of carbonyl (C=O) groups excluding carboxylic acids is 2. The zero-order valence-corrected chi connectivity index (χ0v) is 17.6. The molecule has 0 unspecified atom stereocenters. The fourth-order valence-electron chi connectivity index (χ4n) is 3.86. The van der Waals surface area contributed by atoms with Gasteiger partial charge in [-0.25, -0.2) is 0 Å². The van der Waals surface area contributed by atoms with Gasteiger partial charge in [0, 0.05) is 26.2 Å². The van der Waals surface area contributed by atoms with E-state index in [1.807, 2.05) is 12.1 Å². The number of nitrogens with zero attached hydrogens (tertiary/aromatic N) is 2. The highest BCUT2D eigenvalue weighted by Gasteiger charge is 2.43. The molecule has 1 atom stereocenters. The van der Waals surface area contributed by atoms with E-state index in [0.717, 1.165) is 18.7 Å². The molecule has 0 saturated carbocycles. The van der Waals surface area contributed by atoms with Crippen molar-refractivity contribution in [2.75, 3.05) is 46.5 Å². The number of aliphatic hydroxyl groups is 1. The van der Waals surface area contributed by atoms with E-state index in [1.165, 1.54) is 11.3 Å². The van der Waals surface area contributed by atoms with Crippen molar-refractivity contribution >= 4 is 23.0 Å². The molecule has 1 aromatic carbocycles. The van der Waals surface area contributed by atoms with Crippen molar-refractivity contribution in [2.45, 2.75) is 6.04 Å². The highest BCUT2D eigenvalue weighted by atomic mass is 32.1. The summed E-state index contributed by atoms with van der Waals surface area (Å²) < 4.78 is 10.6. The van der Waals surface area contributed by atoms with Crippen LogP contribution in [0, 0.1) is 0 Å². The number of benzene rings is 1. The monoisotopic (exact) mass is 428 g/mol. The van der Waals surface area contributed by atoms with Crippen LogP contribution in [0.25, 0.3) is 0 Å². The predicted molar refractivity (Wildman–Crippen MR) is 113 cm³/mol. The van der Waals surface area contributed by atoms with Crippen molar-refractivity contribution in [3.63, 3.8) is 0 Å². The summed E-state index contributed by atoms with van der Waals surface area (Å²) in [4.78, 5) is 30.5. The molecule has 7 nitrogen and oxygen atoms in total. The van der Waals surface area contributed by atoms with E-state index in [2.05, 4.69) is 4.90 Å². The van der Waals surface area contributed by atoms with Crippen LogP contribution in [0.2, 0.25) is 0 Å². The molecule has 2 aliphatic heterocycles. The summed E-state index contributed by atoms with van der Waals surface area (Å²) in [7, 11) is 1.58. The van der Waals surface area contributed by atoms with E-state index in [4.69, 9.17) is 9.47 Å². The number of rotatable bonds is 7. The van der Waals surface area contributed by atoms with Gasteiger partial charge in [0.2, 0.25) is 5.78 Å². The minimum absolute atomic E-state index is 0.134. The molecular weight excluding hydrogens is 404 g/mol. The van der Waals surface area contributed by atoms with Crippen LogP contribution in [-0.2, 0) is 9.53 Å². The molecule has 1 amide bonds. The van der Waals surface area contributed by atoms with Crippen molar-refractivity contribution < 1.29 is 24.2 Å². The van der Waals surface area contributed by atoms with Crippen LogP contribution >= 0.6 is 11.3 Å². The average molecular weight is 429 g/mol. The van der Waals surface area contributed by atoms with Crippen LogP contribution in [0.3, 0.4) is 0 Å². The Morgan fingerprint density at radius 1 is 1.20 bits per heavy atom. The summed E-state index contributed by atoms with van der Waals surface area (Å²) in [6, 6.07) is 10.1. The highest BCUT2D eigenvalue weighted by molar-refractivity contribution is 7.12.